The van der Waals surface area contributed by atoms with Gasteiger partial charge in [0.15, 0.2) is 0 Å². The molecule has 0 spiro atoms. The van der Waals surface area contributed by atoms with E-state index in [9.17, 15) is 0 Å². The number of para-hydroxylation sites is 1. The van der Waals surface area contributed by atoms with Gasteiger partial charge in [-0.15, -0.1) is 0 Å². The van der Waals surface area contributed by atoms with E-state index in [-0.39, 0.29) is 0 Å². The van der Waals surface area contributed by atoms with Gasteiger partial charge in [0.05, 0.1) is 5.52 Å². The monoisotopic (exact) mass is 283 g/mol. The third kappa shape index (κ3) is 3.03. The molecule has 1 aliphatic rings. The van der Waals surface area contributed by atoms with Gasteiger partial charge in [0.1, 0.15) is 5.82 Å². The molecule has 0 atom stereocenters. The van der Waals surface area contributed by atoms with Crippen molar-refractivity contribution in [2.75, 3.05) is 25.0 Å². The van der Waals surface area contributed by atoms with Crippen LogP contribution in [0.3, 0.4) is 0 Å². The first-order valence-corrected chi connectivity index (χ1v) is 8.10. The van der Waals surface area contributed by atoms with Crippen LogP contribution in [0.5, 0.6) is 0 Å². The molecule has 0 unspecified atom stereocenters. The van der Waals surface area contributed by atoms with E-state index < -0.39 is 0 Å². The Bertz CT molecular complexity index is 604. The molecule has 112 valence electrons. The number of anilines is 1. The maximum atomic E-state index is 4.90. The summed E-state index contributed by atoms with van der Waals surface area (Å²) in [4.78, 5) is 7.34. The first-order chi connectivity index (χ1) is 10.3. The average molecular weight is 283 g/mol. The molecule has 3 rings (SSSR count). The van der Waals surface area contributed by atoms with Gasteiger partial charge in [-0.05, 0) is 50.4 Å². The van der Waals surface area contributed by atoms with Gasteiger partial charge in [0.2, 0.25) is 0 Å². The second kappa shape index (κ2) is 6.44. The standard InChI is InChI=1S/C18H25N3/c1-3-21(13-14-7-6-8-14)18-11-15(12-19-2)16-9-4-5-10-17(16)20-18/h4-5,9-11,14,19H,3,6-8,12-13H2,1-2H3. The fourth-order valence-corrected chi connectivity index (χ4v) is 3.10. The highest BCUT2D eigenvalue weighted by molar-refractivity contribution is 5.84. The second-order valence-corrected chi connectivity index (χ2v) is 6.02. The Hall–Kier alpha value is -1.61. The Balaban J connectivity index is 1.96. The topological polar surface area (TPSA) is 28.2 Å². The van der Waals surface area contributed by atoms with Crippen molar-refractivity contribution in [1.82, 2.24) is 10.3 Å². The molecule has 2 aromatic rings. The van der Waals surface area contributed by atoms with E-state index in [4.69, 9.17) is 4.98 Å². The predicted molar refractivity (Wildman–Crippen MR) is 89.7 cm³/mol. The molecule has 0 radical (unpaired) electrons. The summed E-state index contributed by atoms with van der Waals surface area (Å²) in [6, 6.07) is 10.7. The first-order valence-electron chi connectivity index (χ1n) is 8.10. The van der Waals surface area contributed by atoms with E-state index >= 15 is 0 Å². The van der Waals surface area contributed by atoms with Gasteiger partial charge < -0.3 is 10.2 Å². The van der Waals surface area contributed by atoms with Crippen molar-refractivity contribution in [3.63, 3.8) is 0 Å². The summed E-state index contributed by atoms with van der Waals surface area (Å²) >= 11 is 0. The Morgan fingerprint density at radius 1 is 1.29 bits per heavy atom. The van der Waals surface area contributed by atoms with Crippen molar-refractivity contribution in [3.05, 3.63) is 35.9 Å². The number of nitrogens with one attached hydrogen (secondary N) is 1. The molecule has 21 heavy (non-hydrogen) atoms. The SMILES string of the molecule is CCN(CC1CCC1)c1cc(CNC)c2ccccc2n1. The first kappa shape index (κ1) is 14.3. The normalized spacial score (nSPS) is 15.1. The lowest BCUT2D eigenvalue weighted by atomic mass is 9.85. The van der Waals surface area contributed by atoms with E-state index in [1.165, 1.54) is 30.2 Å². The Morgan fingerprint density at radius 3 is 2.76 bits per heavy atom. The lowest BCUT2D eigenvalue weighted by Gasteiger charge is -2.32. The van der Waals surface area contributed by atoms with Gasteiger partial charge in [-0.25, -0.2) is 4.98 Å². The maximum absolute atomic E-state index is 4.90. The average Bonchev–Trinajstić information content (AvgIpc) is 2.46. The van der Waals surface area contributed by atoms with Crippen LogP contribution in [0.1, 0.15) is 31.7 Å². The van der Waals surface area contributed by atoms with Gasteiger partial charge >= 0.3 is 0 Å². The predicted octanol–water partition coefficient (Wildman–Crippen LogP) is 3.58. The summed E-state index contributed by atoms with van der Waals surface area (Å²) in [5.74, 6) is 2.00. The minimum Gasteiger partial charge on any atom is -0.357 e. The number of benzene rings is 1. The number of pyridine rings is 1. The third-order valence-electron chi connectivity index (χ3n) is 4.56. The van der Waals surface area contributed by atoms with Crippen LogP contribution >= 0.6 is 0 Å². The maximum Gasteiger partial charge on any atom is 0.129 e. The van der Waals surface area contributed by atoms with E-state index in [0.717, 1.165) is 36.9 Å². The largest absolute Gasteiger partial charge is 0.357 e. The summed E-state index contributed by atoms with van der Waals surface area (Å²) in [7, 11) is 2.00. The zero-order valence-electron chi connectivity index (χ0n) is 13.1. The van der Waals surface area contributed by atoms with E-state index in [2.05, 4.69) is 47.5 Å². The van der Waals surface area contributed by atoms with Crippen LogP contribution in [-0.2, 0) is 6.54 Å². The van der Waals surface area contributed by atoms with Gasteiger partial charge in [0.25, 0.3) is 0 Å². The lowest BCUT2D eigenvalue weighted by molar-refractivity contribution is 0.318. The molecule has 1 heterocycles. The molecule has 3 heteroatoms. The van der Waals surface area contributed by atoms with Crippen molar-refractivity contribution in [2.45, 2.75) is 32.7 Å². The van der Waals surface area contributed by atoms with Crippen LogP contribution in [0.2, 0.25) is 0 Å². The zero-order chi connectivity index (χ0) is 14.7. The highest BCUT2D eigenvalue weighted by Crippen LogP contribution is 2.29. The van der Waals surface area contributed by atoms with Crippen LogP contribution in [-0.4, -0.2) is 25.1 Å². The van der Waals surface area contributed by atoms with Gasteiger partial charge in [-0.2, -0.15) is 0 Å². The summed E-state index contributed by atoms with van der Waals surface area (Å²) in [6.07, 6.45) is 4.17. The molecule has 3 nitrogen and oxygen atoms in total. The molecule has 1 aromatic carbocycles. The smallest absolute Gasteiger partial charge is 0.129 e. The molecular weight excluding hydrogens is 258 g/mol. The molecule has 0 aliphatic heterocycles. The molecular formula is C18H25N3. The Kier molecular flexibility index (Phi) is 4.39. The van der Waals surface area contributed by atoms with Crippen molar-refractivity contribution >= 4 is 16.7 Å². The number of fused-ring (bicyclic) bond motifs is 1. The minimum absolute atomic E-state index is 0.867. The number of hydrogen-bond donors (Lipinski definition) is 1. The molecule has 0 saturated heterocycles. The highest BCUT2D eigenvalue weighted by Gasteiger charge is 2.21. The van der Waals surface area contributed by atoms with Crippen molar-refractivity contribution in [2.24, 2.45) is 5.92 Å². The molecule has 1 fully saturated rings. The quantitative estimate of drug-likeness (QED) is 0.878. The fourth-order valence-electron chi connectivity index (χ4n) is 3.10. The van der Waals surface area contributed by atoms with E-state index in [0.29, 0.717) is 0 Å². The summed E-state index contributed by atoms with van der Waals surface area (Å²) in [5, 5.41) is 4.54. The molecule has 1 aliphatic carbocycles. The summed E-state index contributed by atoms with van der Waals surface area (Å²) in [5.41, 5.74) is 2.44. The van der Waals surface area contributed by atoms with Crippen LogP contribution in [0.25, 0.3) is 10.9 Å². The second-order valence-electron chi connectivity index (χ2n) is 6.02. The van der Waals surface area contributed by atoms with E-state index in [1.54, 1.807) is 0 Å². The molecule has 1 aromatic heterocycles. The molecule has 1 N–H and O–H groups in total. The minimum atomic E-state index is 0.867. The Labute approximate surface area is 127 Å². The molecule has 1 saturated carbocycles. The fraction of sp³-hybridized carbons (Fsp3) is 0.500. The number of nitrogens with zero attached hydrogens (tertiary/aromatic N) is 2. The van der Waals surface area contributed by atoms with Crippen LogP contribution < -0.4 is 10.2 Å². The number of hydrogen-bond acceptors (Lipinski definition) is 3. The third-order valence-corrected chi connectivity index (χ3v) is 4.56. The Morgan fingerprint density at radius 2 is 2.10 bits per heavy atom. The highest BCUT2D eigenvalue weighted by atomic mass is 15.2. The van der Waals surface area contributed by atoms with Gasteiger partial charge in [-0.1, -0.05) is 24.6 Å². The van der Waals surface area contributed by atoms with E-state index in [1.807, 2.05) is 7.05 Å². The van der Waals surface area contributed by atoms with Crippen LogP contribution in [0.15, 0.2) is 30.3 Å². The van der Waals surface area contributed by atoms with Crippen LogP contribution in [0.4, 0.5) is 5.82 Å². The van der Waals surface area contributed by atoms with Gasteiger partial charge in [-0.3, -0.25) is 0 Å². The number of aromatic nitrogens is 1. The zero-order valence-corrected chi connectivity index (χ0v) is 13.1. The summed E-state index contributed by atoms with van der Waals surface area (Å²) in [6.45, 7) is 5.30. The van der Waals surface area contributed by atoms with Crippen molar-refractivity contribution in [3.8, 4) is 0 Å². The molecule has 0 amide bonds. The molecule has 0 bridgehead atoms. The van der Waals surface area contributed by atoms with Crippen molar-refractivity contribution < 1.29 is 0 Å². The van der Waals surface area contributed by atoms with Gasteiger partial charge in [0, 0.05) is 25.0 Å². The number of rotatable bonds is 6. The summed E-state index contributed by atoms with van der Waals surface area (Å²) < 4.78 is 0. The lowest BCUT2D eigenvalue weighted by Crippen LogP contribution is -2.33. The van der Waals surface area contributed by atoms with Crippen molar-refractivity contribution in [1.29, 1.82) is 0 Å². The van der Waals surface area contributed by atoms with Crippen LogP contribution in [0, 0.1) is 5.92 Å².